The third kappa shape index (κ3) is 10.1. The Labute approximate surface area is 91.9 Å². The fourth-order valence-electron chi connectivity index (χ4n) is 1.44. The minimum atomic E-state index is 0.663. The van der Waals surface area contributed by atoms with Crippen LogP contribution in [0.2, 0.25) is 0 Å². The van der Waals surface area contributed by atoms with E-state index in [0.29, 0.717) is 4.83 Å². The Hall–Kier alpha value is 0.220. The smallest absolute Gasteiger partial charge is 0.0180 e. The number of unbranched alkanes of at least 4 members (excludes halogenated alkanes) is 5. The van der Waals surface area contributed by atoms with Crippen molar-refractivity contribution in [3.63, 3.8) is 0 Å². The van der Waals surface area contributed by atoms with Gasteiger partial charge in [0.05, 0.1) is 0 Å². The third-order valence-electron chi connectivity index (χ3n) is 2.29. The summed E-state index contributed by atoms with van der Waals surface area (Å²) in [4.78, 5) is 0.663. The van der Waals surface area contributed by atoms with E-state index >= 15 is 0 Å². The van der Waals surface area contributed by atoms with Gasteiger partial charge in [-0.3, -0.25) is 0 Å². The van der Waals surface area contributed by atoms with Gasteiger partial charge in [0.1, 0.15) is 0 Å². The Bertz CT molecular complexity index is 110. The van der Waals surface area contributed by atoms with Crippen LogP contribution in [0.15, 0.2) is 12.7 Å². The molecule has 78 valence electrons. The van der Waals surface area contributed by atoms with Gasteiger partial charge >= 0.3 is 0 Å². The minimum Gasteiger partial charge on any atom is -0.103 e. The number of hydrogen-bond acceptors (Lipinski definition) is 0. The number of rotatable bonds is 9. The van der Waals surface area contributed by atoms with Gasteiger partial charge in [0.15, 0.2) is 0 Å². The second-order valence-corrected chi connectivity index (χ2v) is 4.97. The molecule has 0 N–H and O–H groups in total. The molecule has 0 heterocycles. The van der Waals surface area contributed by atoms with E-state index in [9.17, 15) is 0 Å². The number of allylic oxidation sites excluding steroid dienone is 1. The SMILES string of the molecule is C=CCC(Br)CCCCCCCC. The van der Waals surface area contributed by atoms with E-state index in [1.807, 2.05) is 6.08 Å². The predicted molar refractivity (Wildman–Crippen MR) is 65.5 cm³/mol. The first kappa shape index (κ1) is 13.2. The lowest BCUT2D eigenvalue weighted by molar-refractivity contribution is 0.584. The summed E-state index contributed by atoms with van der Waals surface area (Å²) in [5.74, 6) is 0. The van der Waals surface area contributed by atoms with Crippen LogP contribution in [0.3, 0.4) is 0 Å². The highest BCUT2D eigenvalue weighted by atomic mass is 79.9. The Morgan fingerprint density at radius 2 is 1.77 bits per heavy atom. The predicted octanol–water partition coefficient (Wildman–Crippen LogP) is 5.08. The summed E-state index contributed by atoms with van der Waals surface area (Å²) in [7, 11) is 0. The Balaban J connectivity index is 3.01. The average molecular weight is 247 g/mol. The first-order valence-corrected chi connectivity index (χ1v) is 6.47. The summed E-state index contributed by atoms with van der Waals surface area (Å²) in [6.45, 7) is 6.00. The molecule has 0 aliphatic heterocycles. The van der Waals surface area contributed by atoms with Crippen molar-refractivity contribution < 1.29 is 0 Å². The molecule has 0 aliphatic carbocycles. The van der Waals surface area contributed by atoms with Gasteiger partial charge in [0, 0.05) is 4.83 Å². The molecular weight excluding hydrogens is 224 g/mol. The fraction of sp³-hybridized carbons (Fsp3) is 0.833. The maximum atomic E-state index is 3.74. The molecule has 0 rings (SSSR count). The van der Waals surface area contributed by atoms with Crippen LogP contribution < -0.4 is 0 Å². The average Bonchev–Trinajstić information content (AvgIpc) is 2.11. The maximum Gasteiger partial charge on any atom is 0.0180 e. The van der Waals surface area contributed by atoms with Gasteiger partial charge < -0.3 is 0 Å². The molecule has 0 radical (unpaired) electrons. The normalized spacial score (nSPS) is 12.8. The Morgan fingerprint density at radius 3 is 2.38 bits per heavy atom. The first-order valence-electron chi connectivity index (χ1n) is 5.56. The quantitative estimate of drug-likeness (QED) is 0.303. The van der Waals surface area contributed by atoms with Crippen molar-refractivity contribution in [1.82, 2.24) is 0 Å². The molecule has 0 saturated heterocycles. The lowest BCUT2D eigenvalue weighted by atomic mass is 10.1. The van der Waals surface area contributed by atoms with Crippen LogP contribution in [0.25, 0.3) is 0 Å². The summed E-state index contributed by atoms with van der Waals surface area (Å²) < 4.78 is 0. The van der Waals surface area contributed by atoms with Gasteiger partial charge in [-0.25, -0.2) is 0 Å². The maximum absolute atomic E-state index is 3.74. The van der Waals surface area contributed by atoms with Crippen LogP contribution >= 0.6 is 15.9 Å². The van der Waals surface area contributed by atoms with E-state index in [1.54, 1.807) is 0 Å². The van der Waals surface area contributed by atoms with Crippen molar-refractivity contribution in [3.8, 4) is 0 Å². The van der Waals surface area contributed by atoms with E-state index in [4.69, 9.17) is 0 Å². The summed E-state index contributed by atoms with van der Waals surface area (Å²) in [5, 5.41) is 0. The zero-order valence-electron chi connectivity index (χ0n) is 8.90. The molecule has 1 heteroatoms. The topological polar surface area (TPSA) is 0 Å². The number of hydrogen-bond donors (Lipinski definition) is 0. The highest BCUT2D eigenvalue weighted by Crippen LogP contribution is 2.15. The molecule has 0 amide bonds. The Morgan fingerprint density at radius 1 is 1.15 bits per heavy atom. The molecule has 0 aromatic rings. The zero-order valence-corrected chi connectivity index (χ0v) is 10.5. The molecule has 0 bridgehead atoms. The molecular formula is C12H23Br. The monoisotopic (exact) mass is 246 g/mol. The second kappa shape index (κ2) is 10.3. The van der Waals surface area contributed by atoms with Crippen LogP contribution in [0.4, 0.5) is 0 Å². The fourth-order valence-corrected chi connectivity index (χ4v) is 2.03. The van der Waals surface area contributed by atoms with E-state index in [0.717, 1.165) is 6.42 Å². The van der Waals surface area contributed by atoms with Crippen molar-refractivity contribution in [2.75, 3.05) is 0 Å². The van der Waals surface area contributed by atoms with Crippen molar-refractivity contribution in [2.45, 2.75) is 63.1 Å². The van der Waals surface area contributed by atoms with Gasteiger partial charge in [0.25, 0.3) is 0 Å². The van der Waals surface area contributed by atoms with E-state index in [2.05, 4.69) is 29.4 Å². The zero-order chi connectivity index (χ0) is 9.94. The van der Waals surface area contributed by atoms with E-state index in [1.165, 1.54) is 44.9 Å². The van der Waals surface area contributed by atoms with Gasteiger partial charge in [0.2, 0.25) is 0 Å². The van der Waals surface area contributed by atoms with Crippen molar-refractivity contribution in [2.24, 2.45) is 0 Å². The lowest BCUT2D eigenvalue weighted by Crippen LogP contribution is -1.94. The first-order chi connectivity index (χ1) is 6.31. The molecule has 0 aromatic carbocycles. The molecule has 1 unspecified atom stereocenters. The summed E-state index contributed by atoms with van der Waals surface area (Å²) in [5.41, 5.74) is 0. The second-order valence-electron chi connectivity index (χ2n) is 3.68. The van der Waals surface area contributed by atoms with Gasteiger partial charge in [-0.05, 0) is 12.8 Å². The molecule has 0 spiro atoms. The van der Waals surface area contributed by atoms with Crippen LogP contribution in [0.5, 0.6) is 0 Å². The van der Waals surface area contributed by atoms with E-state index < -0.39 is 0 Å². The molecule has 0 saturated carbocycles. The van der Waals surface area contributed by atoms with Crippen LogP contribution in [0, 0.1) is 0 Å². The standard InChI is InChI=1S/C12H23Br/c1-3-5-6-7-8-9-11-12(13)10-4-2/h4,12H,2-3,5-11H2,1H3. The van der Waals surface area contributed by atoms with Gasteiger partial charge in [-0.2, -0.15) is 0 Å². The highest BCUT2D eigenvalue weighted by molar-refractivity contribution is 9.09. The lowest BCUT2D eigenvalue weighted by Gasteiger charge is -2.05. The van der Waals surface area contributed by atoms with Crippen molar-refractivity contribution in [1.29, 1.82) is 0 Å². The Kier molecular flexibility index (Phi) is 10.5. The summed E-state index contributed by atoms with van der Waals surface area (Å²) in [6.07, 6.45) is 12.8. The number of halogens is 1. The van der Waals surface area contributed by atoms with Crippen LogP contribution in [-0.4, -0.2) is 4.83 Å². The van der Waals surface area contributed by atoms with Crippen LogP contribution in [-0.2, 0) is 0 Å². The van der Waals surface area contributed by atoms with E-state index in [-0.39, 0.29) is 0 Å². The largest absolute Gasteiger partial charge is 0.103 e. The molecule has 1 atom stereocenters. The van der Waals surface area contributed by atoms with Crippen LogP contribution in [0.1, 0.15) is 58.3 Å². The number of alkyl halides is 1. The minimum absolute atomic E-state index is 0.663. The third-order valence-corrected chi connectivity index (χ3v) is 3.12. The summed E-state index contributed by atoms with van der Waals surface area (Å²) in [6, 6.07) is 0. The summed E-state index contributed by atoms with van der Waals surface area (Å²) >= 11 is 3.65. The molecule has 13 heavy (non-hydrogen) atoms. The highest BCUT2D eigenvalue weighted by Gasteiger charge is 2.00. The van der Waals surface area contributed by atoms with Gasteiger partial charge in [-0.15, -0.1) is 6.58 Å². The molecule has 0 nitrogen and oxygen atoms in total. The van der Waals surface area contributed by atoms with Gasteiger partial charge in [-0.1, -0.05) is 67.5 Å². The molecule has 0 fully saturated rings. The molecule has 0 aromatic heterocycles. The molecule has 0 aliphatic rings. The van der Waals surface area contributed by atoms with Crippen molar-refractivity contribution in [3.05, 3.63) is 12.7 Å². The van der Waals surface area contributed by atoms with Crippen molar-refractivity contribution >= 4 is 15.9 Å².